The van der Waals surface area contributed by atoms with E-state index in [-0.39, 0.29) is 6.10 Å². The van der Waals surface area contributed by atoms with Crippen molar-refractivity contribution in [1.82, 2.24) is 14.6 Å². The number of ether oxygens (including phenoxy) is 1. The molecule has 2 aromatic heterocycles. The Bertz CT molecular complexity index is 574. The third-order valence-electron chi connectivity index (χ3n) is 2.89. The van der Waals surface area contributed by atoms with Gasteiger partial charge < -0.3 is 9.84 Å². The maximum absolute atomic E-state index is 9.89. The Balaban J connectivity index is 2.37. The van der Waals surface area contributed by atoms with Gasteiger partial charge in [-0.3, -0.25) is 0 Å². The molecule has 0 spiro atoms. The van der Waals surface area contributed by atoms with Gasteiger partial charge in [0.1, 0.15) is 21.2 Å². The van der Waals surface area contributed by atoms with Crippen LogP contribution < -0.4 is 4.74 Å². The zero-order chi connectivity index (χ0) is 13.5. The van der Waals surface area contributed by atoms with Gasteiger partial charge in [-0.25, -0.2) is 9.50 Å². The molecule has 0 aliphatic carbocycles. The summed E-state index contributed by atoms with van der Waals surface area (Å²) in [5.41, 5.74) is 0.611. The van der Waals surface area contributed by atoms with Gasteiger partial charge in [-0.15, -0.1) is 0 Å². The summed E-state index contributed by atoms with van der Waals surface area (Å²) >= 11 is 2.18. The van der Waals surface area contributed by atoms with E-state index in [0.717, 1.165) is 15.0 Å². The van der Waals surface area contributed by atoms with Gasteiger partial charge in [0.15, 0.2) is 5.65 Å². The van der Waals surface area contributed by atoms with Crippen LogP contribution in [-0.2, 0) is 0 Å². The van der Waals surface area contributed by atoms with Crippen LogP contribution in [0.2, 0.25) is 0 Å². The lowest BCUT2D eigenvalue weighted by atomic mass is 10.0. The molecule has 0 unspecified atom stereocenters. The normalized spacial score (nSPS) is 13.9. The molecule has 2 heterocycles. The molecule has 0 amide bonds. The minimum Gasteiger partial charge on any atom is -0.486 e. The molecule has 1 atom stereocenters. The SMILES string of the molecule is Cc1nn2c(I)cnc2cc1O[C@@H](C)C(C)(C)O. The summed E-state index contributed by atoms with van der Waals surface area (Å²) in [6.07, 6.45) is 1.43. The Labute approximate surface area is 119 Å². The molecule has 0 saturated heterocycles. The van der Waals surface area contributed by atoms with Crippen LogP contribution in [0.3, 0.4) is 0 Å². The van der Waals surface area contributed by atoms with Crippen molar-refractivity contribution in [3.8, 4) is 5.75 Å². The highest BCUT2D eigenvalue weighted by molar-refractivity contribution is 14.1. The highest BCUT2D eigenvalue weighted by Crippen LogP contribution is 2.23. The summed E-state index contributed by atoms with van der Waals surface area (Å²) in [4.78, 5) is 4.24. The Morgan fingerprint density at radius 1 is 1.50 bits per heavy atom. The molecule has 98 valence electrons. The first kappa shape index (κ1) is 13.5. The average Bonchev–Trinajstić information content (AvgIpc) is 2.59. The molecule has 5 nitrogen and oxygen atoms in total. The van der Waals surface area contributed by atoms with Gasteiger partial charge in [-0.1, -0.05) is 0 Å². The average molecular weight is 361 g/mol. The standard InChI is InChI=1S/C12H16IN3O2/c1-7-9(18-8(2)12(3,4)17)5-11-14-6-10(13)16(11)15-7/h5-6,8,17H,1-4H3/t8-/m0/s1. The molecule has 0 radical (unpaired) electrons. The molecule has 2 rings (SSSR count). The molecular weight excluding hydrogens is 345 g/mol. The van der Waals surface area contributed by atoms with E-state index in [2.05, 4.69) is 32.7 Å². The first-order chi connectivity index (χ1) is 8.29. The van der Waals surface area contributed by atoms with Crippen LogP contribution in [0.5, 0.6) is 5.75 Å². The molecule has 0 saturated carbocycles. The van der Waals surface area contributed by atoms with Crippen molar-refractivity contribution in [1.29, 1.82) is 0 Å². The second-order valence-electron chi connectivity index (χ2n) is 4.86. The van der Waals surface area contributed by atoms with Gasteiger partial charge >= 0.3 is 0 Å². The molecule has 0 aromatic carbocycles. The van der Waals surface area contributed by atoms with Gasteiger partial charge in [0.2, 0.25) is 0 Å². The lowest BCUT2D eigenvalue weighted by Gasteiger charge is -2.27. The van der Waals surface area contributed by atoms with Crippen LogP contribution in [-0.4, -0.2) is 31.4 Å². The predicted octanol–water partition coefficient (Wildman–Crippen LogP) is 2.18. The van der Waals surface area contributed by atoms with E-state index < -0.39 is 5.60 Å². The number of halogens is 1. The van der Waals surface area contributed by atoms with Crippen LogP contribution >= 0.6 is 22.6 Å². The van der Waals surface area contributed by atoms with Crippen LogP contribution in [0.25, 0.3) is 5.65 Å². The van der Waals surface area contributed by atoms with Crippen LogP contribution in [0.1, 0.15) is 26.5 Å². The number of hydrogen-bond donors (Lipinski definition) is 1. The van der Waals surface area contributed by atoms with Crippen molar-refractivity contribution >= 4 is 28.2 Å². The summed E-state index contributed by atoms with van der Waals surface area (Å²) < 4.78 is 8.47. The van der Waals surface area contributed by atoms with Gasteiger partial charge in [-0.05, 0) is 50.3 Å². The molecule has 2 aromatic rings. The van der Waals surface area contributed by atoms with Gasteiger partial charge in [0.25, 0.3) is 0 Å². The highest BCUT2D eigenvalue weighted by atomic mass is 127. The summed E-state index contributed by atoms with van der Waals surface area (Å²) in [5, 5.41) is 14.3. The number of fused-ring (bicyclic) bond motifs is 1. The third kappa shape index (κ3) is 2.59. The third-order valence-corrected chi connectivity index (χ3v) is 3.62. The van der Waals surface area contributed by atoms with Crippen molar-refractivity contribution in [3.05, 3.63) is 21.7 Å². The van der Waals surface area contributed by atoms with E-state index in [0.29, 0.717) is 5.75 Å². The van der Waals surface area contributed by atoms with Crippen molar-refractivity contribution in [2.24, 2.45) is 0 Å². The smallest absolute Gasteiger partial charge is 0.158 e. The quantitative estimate of drug-likeness (QED) is 0.852. The Kier molecular flexibility index (Phi) is 3.50. The fourth-order valence-corrected chi connectivity index (χ4v) is 1.90. The Morgan fingerprint density at radius 3 is 2.78 bits per heavy atom. The van der Waals surface area contributed by atoms with E-state index >= 15 is 0 Å². The minimum absolute atomic E-state index is 0.325. The lowest BCUT2D eigenvalue weighted by Crippen LogP contribution is -2.38. The number of rotatable bonds is 3. The fraction of sp³-hybridized carbons (Fsp3) is 0.500. The van der Waals surface area contributed by atoms with Crippen LogP contribution in [0.15, 0.2) is 12.3 Å². The van der Waals surface area contributed by atoms with Crippen molar-refractivity contribution < 1.29 is 9.84 Å². The molecule has 18 heavy (non-hydrogen) atoms. The van der Waals surface area contributed by atoms with Crippen molar-refractivity contribution in [2.45, 2.75) is 39.4 Å². The summed E-state index contributed by atoms with van der Waals surface area (Å²) in [7, 11) is 0. The van der Waals surface area contributed by atoms with E-state index in [9.17, 15) is 5.11 Å². The second kappa shape index (κ2) is 4.65. The molecular formula is C12H16IN3O2. The maximum Gasteiger partial charge on any atom is 0.158 e. The van der Waals surface area contributed by atoms with Gasteiger partial charge in [0.05, 0.1) is 11.8 Å². The van der Waals surface area contributed by atoms with Gasteiger partial charge in [-0.2, -0.15) is 5.10 Å². The van der Waals surface area contributed by atoms with Gasteiger partial charge in [0, 0.05) is 6.07 Å². The Hall–Kier alpha value is -0.890. The van der Waals surface area contributed by atoms with Crippen molar-refractivity contribution in [3.63, 3.8) is 0 Å². The van der Waals surface area contributed by atoms with Crippen LogP contribution in [0, 0.1) is 10.6 Å². The van der Waals surface area contributed by atoms with E-state index in [1.807, 2.05) is 19.9 Å². The summed E-state index contributed by atoms with van der Waals surface area (Å²) in [6.45, 7) is 7.15. The summed E-state index contributed by atoms with van der Waals surface area (Å²) in [5.74, 6) is 0.652. The molecule has 0 bridgehead atoms. The molecule has 0 aliphatic rings. The maximum atomic E-state index is 9.89. The topological polar surface area (TPSA) is 59.7 Å². The van der Waals surface area contributed by atoms with E-state index in [4.69, 9.17) is 4.74 Å². The zero-order valence-corrected chi connectivity index (χ0v) is 13.0. The number of aromatic nitrogens is 3. The molecule has 0 fully saturated rings. The number of aryl methyl sites for hydroxylation is 1. The first-order valence-corrected chi connectivity index (χ1v) is 6.77. The number of imidazole rings is 1. The zero-order valence-electron chi connectivity index (χ0n) is 10.8. The van der Waals surface area contributed by atoms with E-state index in [1.54, 1.807) is 24.6 Å². The van der Waals surface area contributed by atoms with Crippen LogP contribution in [0.4, 0.5) is 0 Å². The highest BCUT2D eigenvalue weighted by Gasteiger charge is 2.25. The number of nitrogens with zero attached hydrogens (tertiary/aromatic N) is 3. The minimum atomic E-state index is -0.900. The first-order valence-electron chi connectivity index (χ1n) is 5.69. The predicted molar refractivity (Wildman–Crippen MR) is 76.8 cm³/mol. The summed E-state index contributed by atoms with van der Waals surface area (Å²) in [6, 6.07) is 1.84. The number of aliphatic hydroxyl groups is 1. The molecule has 6 heteroatoms. The lowest BCUT2D eigenvalue weighted by molar-refractivity contribution is -0.0245. The van der Waals surface area contributed by atoms with Crippen molar-refractivity contribution in [2.75, 3.05) is 0 Å². The second-order valence-corrected chi connectivity index (χ2v) is 5.96. The molecule has 1 N–H and O–H groups in total. The monoisotopic (exact) mass is 361 g/mol. The van der Waals surface area contributed by atoms with E-state index in [1.165, 1.54) is 0 Å². The number of hydrogen-bond acceptors (Lipinski definition) is 4. The fourth-order valence-electron chi connectivity index (χ4n) is 1.41. The Morgan fingerprint density at radius 2 is 2.17 bits per heavy atom. The molecule has 0 aliphatic heterocycles. The largest absolute Gasteiger partial charge is 0.486 e.